The van der Waals surface area contributed by atoms with Crippen molar-refractivity contribution in [1.29, 1.82) is 0 Å². The minimum atomic E-state index is -4.58. The molecule has 3 aromatic rings. The molecular formula is C18H20ClF3N6O. The second-order valence-electron chi connectivity index (χ2n) is 7.28. The maximum absolute atomic E-state index is 13.1. The van der Waals surface area contributed by atoms with E-state index in [2.05, 4.69) is 20.4 Å². The van der Waals surface area contributed by atoms with Gasteiger partial charge in [0, 0.05) is 31.0 Å². The van der Waals surface area contributed by atoms with Gasteiger partial charge in [0.2, 0.25) is 11.8 Å². The van der Waals surface area contributed by atoms with E-state index in [0.29, 0.717) is 30.4 Å². The molecule has 29 heavy (non-hydrogen) atoms. The van der Waals surface area contributed by atoms with Crippen molar-refractivity contribution < 1.29 is 17.6 Å². The summed E-state index contributed by atoms with van der Waals surface area (Å²) >= 11 is 5.99. The van der Waals surface area contributed by atoms with Gasteiger partial charge in [-0.25, -0.2) is 0 Å². The highest BCUT2D eigenvalue weighted by Crippen LogP contribution is 2.46. The molecule has 0 unspecified atom stereocenters. The predicted octanol–water partition coefficient (Wildman–Crippen LogP) is 4.11. The fourth-order valence-corrected chi connectivity index (χ4v) is 3.74. The third-order valence-corrected chi connectivity index (χ3v) is 5.22. The van der Waals surface area contributed by atoms with E-state index in [1.54, 1.807) is 0 Å². The van der Waals surface area contributed by atoms with Crippen LogP contribution in [-0.4, -0.2) is 29.8 Å². The molecule has 0 bridgehead atoms. The van der Waals surface area contributed by atoms with Crippen molar-refractivity contribution in [2.75, 3.05) is 0 Å². The number of halogens is 4. The summed E-state index contributed by atoms with van der Waals surface area (Å²) < 4.78 is 48.3. The van der Waals surface area contributed by atoms with Crippen molar-refractivity contribution >= 4 is 11.6 Å². The summed E-state index contributed by atoms with van der Waals surface area (Å²) in [5, 5.41) is 15.8. The van der Waals surface area contributed by atoms with Gasteiger partial charge in [0.05, 0.1) is 23.0 Å². The molecule has 3 heterocycles. The molecule has 0 saturated heterocycles. The second kappa shape index (κ2) is 7.47. The van der Waals surface area contributed by atoms with E-state index < -0.39 is 11.9 Å². The minimum Gasteiger partial charge on any atom is -0.425 e. The van der Waals surface area contributed by atoms with Crippen LogP contribution < -0.4 is 0 Å². The van der Waals surface area contributed by atoms with Crippen molar-refractivity contribution in [2.45, 2.75) is 64.7 Å². The molecule has 0 amide bonds. The fourth-order valence-electron chi connectivity index (χ4n) is 3.35. The summed E-state index contributed by atoms with van der Waals surface area (Å²) in [6.45, 7) is 4.70. The quantitative estimate of drug-likeness (QED) is 0.566. The Morgan fingerprint density at radius 2 is 1.69 bits per heavy atom. The van der Waals surface area contributed by atoms with Gasteiger partial charge < -0.3 is 4.42 Å². The molecule has 1 saturated carbocycles. The number of aromatic nitrogens is 6. The molecule has 0 radical (unpaired) electrons. The Balaban J connectivity index is 1.42. The van der Waals surface area contributed by atoms with Gasteiger partial charge >= 0.3 is 6.18 Å². The Labute approximate surface area is 169 Å². The van der Waals surface area contributed by atoms with Gasteiger partial charge in [0.1, 0.15) is 0 Å². The molecule has 1 aliphatic carbocycles. The molecule has 11 heteroatoms. The fraction of sp³-hybridized carbons (Fsp3) is 0.556. The molecule has 0 aliphatic heterocycles. The summed E-state index contributed by atoms with van der Waals surface area (Å²) in [6, 6.07) is 1.99. The highest BCUT2D eigenvalue weighted by Gasteiger charge is 2.42. The van der Waals surface area contributed by atoms with Crippen molar-refractivity contribution in [1.82, 2.24) is 29.8 Å². The summed E-state index contributed by atoms with van der Waals surface area (Å²) in [7, 11) is 0. The molecule has 0 spiro atoms. The molecule has 1 aliphatic rings. The van der Waals surface area contributed by atoms with Crippen LogP contribution in [0.3, 0.4) is 0 Å². The Kier molecular flexibility index (Phi) is 5.14. The van der Waals surface area contributed by atoms with Crippen LogP contribution in [0, 0.1) is 13.8 Å². The lowest BCUT2D eigenvalue weighted by Crippen LogP contribution is -2.10. The Morgan fingerprint density at radius 1 is 1.07 bits per heavy atom. The molecule has 0 aromatic carbocycles. The number of alkyl halides is 3. The van der Waals surface area contributed by atoms with Gasteiger partial charge in [-0.15, -0.1) is 10.2 Å². The molecule has 0 atom stereocenters. The molecule has 0 N–H and O–H groups in total. The Morgan fingerprint density at radius 3 is 2.21 bits per heavy atom. The highest BCUT2D eigenvalue weighted by atomic mass is 35.5. The molecular weight excluding hydrogens is 409 g/mol. The molecule has 3 aromatic heterocycles. The van der Waals surface area contributed by atoms with E-state index in [-0.39, 0.29) is 23.9 Å². The molecule has 7 nitrogen and oxygen atoms in total. The zero-order valence-electron chi connectivity index (χ0n) is 16.0. The first-order valence-electron chi connectivity index (χ1n) is 9.38. The summed E-state index contributed by atoms with van der Waals surface area (Å²) in [5.41, 5.74) is 1.41. The first-order chi connectivity index (χ1) is 13.7. The van der Waals surface area contributed by atoms with Crippen molar-refractivity contribution in [3.63, 3.8) is 0 Å². The van der Waals surface area contributed by atoms with Crippen molar-refractivity contribution in [3.8, 4) is 0 Å². The normalized spacial score (nSPS) is 14.7. The predicted molar refractivity (Wildman–Crippen MR) is 97.6 cm³/mol. The van der Waals surface area contributed by atoms with Gasteiger partial charge in [-0.3, -0.25) is 9.36 Å². The van der Waals surface area contributed by atoms with Gasteiger partial charge in [-0.2, -0.15) is 23.4 Å². The minimum absolute atomic E-state index is 0.0325. The third-order valence-electron chi connectivity index (χ3n) is 4.85. The standard InChI is InChI=1S/C18H20ClF3N6O/c1-10-9-11(2)27(25-10)7-5-13-23-24-14(29-13)6-8-28-16(12-3-4-12)15(19)17(26-28)18(20,21)22/h9,12H,3-8H2,1-2H3. The zero-order valence-corrected chi connectivity index (χ0v) is 16.8. The van der Waals surface area contributed by atoms with Gasteiger partial charge in [0.15, 0.2) is 5.69 Å². The van der Waals surface area contributed by atoms with Crippen molar-refractivity contribution in [2.24, 2.45) is 0 Å². The lowest BCUT2D eigenvalue weighted by molar-refractivity contribution is -0.141. The van der Waals surface area contributed by atoms with Gasteiger partial charge in [0.25, 0.3) is 0 Å². The van der Waals surface area contributed by atoms with Crippen LogP contribution in [0.1, 0.15) is 53.3 Å². The van der Waals surface area contributed by atoms with E-state index in [9.17, 15) is 13.2 Å². The number of aryl methyl sites for hydroxylation is 6. The number of rotatable bonds is 7. The van der Waals surface area contributed by atoms with Crippen LogP contribution in [0.15, 0.2) is 10.5 Å². The smallest absolute Gasteiger partial charge is 0.425 e. The number of hydrogen-bond donors (Lipinski definition) is 0. The van der Waals surface area contributed by atoms with E-state index in [4.69, 9.17) is 16.0 Å². The monoisotopic (exact) mass is 428 g/mol. The highest BCUT2D eigenvalue weighted by molar-refractivity contribution is 6.32. The topological polar surface area (TPSA) is 74.6 Å². The van der Waals surface area contributed by atoms with Crippen LogP contribution in [-0.2, 0) is 32.1 Å². The average molecular weight is 429 g/mol. The van der Waals surface area contributed by atoms with Crippen LogP contribution in [0.5, 0.6) is 0 Å². The van der Waals surface area contributed by atoms with Crippen LogP contribution >= 0.6 is 11.6 Å². The lowest BCUT2D eigenvalue weighted by Gasteiger charge is -2.05. The van der Waals surface area contributed by atoms with Crippen LogP contribution in [0.4, 0.5) is 13.2 Å². The van der Waals surface area contributed by atoms with E-state index in [1.165, 1.54) is 4.68 Å². The third kappa shape index (κ3) is 4.31. The largest absolute Gasteiger partial charge is 0.436 e. The van der Waals surface area contributed by atoms with Crippen LogP contribution in [0.25, 0.3) is 0 Å². The summed E-state index contributed by atoms with van der Waals surface area (Å²) in [6.07, 6.45) is -2.14. The van der Waals surface area contributed by atoms with Crippen LogP contribution in [0.2, 0.25) is 5.02 Å². The van der Waals surface area contributed by atoms with E-state index >= 15 is 0 Å². The Bertz CT molecular complexity index is 1020. The second-order valence-corrected chi connectivity index (χ2v) is 7.66. The maximum Gasteiger partial charge on any atom is 0.436 e. The van der Waals surface area contributed by atoms with E-state index in [1.807, 2.05) is 24.6 Å². The molecule has 4 rings (SSSR count). The average Bonchev–Trinajstić information content (AvgIpc) is 3.12. The summed E-state index contributed by atoms with van der Waals surface area (Å²) in [5.74, 6) is 0.852. The first kappa shape index (κ1) is 19.9. The van der Waals surface area contributed by atoms with E-state index in [0.717, 1.165) is 24.2 Å². The molecule has 1 fully saturated rings. The summed E-state index contributed by atoms with van der Waals surface area (Å²) in [4.78, 5) is 0. The zero-order chi connectivity index (χ0) is 20.8. The Hall–Kier alpha value is -2.36. The van der Waals surface area contributed by atoms with Gasteiger partial charge in [-0.1, -0.05) is 11.6 Å². The number of hydrogen-bond acceptors (Lipinski definition) is 5. The van der Waals surface area contributed by atoms with Gasteiger partial charge in [-0.05, 0) is 32.8 Å². The maximum atomic E-state index is 13.1. The first-order valence-corrected chi connectivity index (χ1v) is 9.76. The SMILES string of the molecule is Cc1cc(C)n(CCc2nnc(CCn3nc(C(F)(F)F)c(Cl)c3C3CC3)o2)n1. The number of nitrogens with zero attached hydrogens (tertiary/aromatic N) is 6. The van der Waals surface area contributed by atoms with Crippen molar-refractivity contribution in [3.05, 3.63) is 45.6 Å². The molecule has 156 valence electrons. The lowest BCUT2D eigenvalue weighted by atomic mass is 10.2.